The first-order chi connectivity index (χ1) is 18.4. The number of thiophene rings is 1. The summed E-state index contributed by atoms with van der Waals surface area (Å²) in [7, 11) is 1.28. The summed E-state index contributed by atoms with van der Waals surface area (Å²) in [6.45, 7) is 2.65. The molecule has 198 valence electrons. The molecule has 0 unspecified atom stereocenters. The van der Waals surface area contributed by atoms with Crippen LogP contribution >= 0.6 is 27.3 Å². The summed E-state index contributed by atoms with van der Waals surface area (Å²) in [5, 5.41) is 6.73. The van der Waals surface area contributed by atoms with Gasteiger partial charge in [-0.05, 0) is 70.9 Å². The zero-order chi connectivity index (χ0) is 27.1. The monoisotopic (exact) mass is 599 g/mol. The summed E-state index contributed by atoms with van der Waals surface area (Å²) in [6, 6.07) is 13.2. The van der Waals surface area contributed by atoms with Gasteiger partial charge in [-0.25, -0.2) is 10.2 Å². The smallest absolute Gasteiger partial charge is 0.341 e. The van der Waals surface area contributed by atoms with Crippen molar-refractivity contribution in [2.24, 2.45) is 5.10 Å². The number of hydrazone groups is 1. The first-order valence-corrected chi connectivity index (χ1v) is 13.5. The van der Waals surface area contributed by atoms with E-state index in [-0.39, 0.29) is 0 Å². The molecule has 4 rings (SSSR count). The minimum atomic E-state index is -0.975. The highest BCUT2D eigenvalue weighted by Crippen LogP contribution is 2.39. The van der Waals surface area contributed by atoms with Crippen molar-refractivity contribution in [2.75, 3.05) is 19.0 Å². The molecule has 2 aromatic carbocycles. The van der Waals surface area contributed by atoms with Gasteiger partial charge in [0.2, 0.25) is 0 Å². The van der Waals surface area contributed by atoms with Crippen molar-refractivity contribution in [3.05, 3.63) is 74.1 Å². The number of methoxy groups -OCH3 is 1. The number of benzene rings is 2. The van der Waals surface area contributed by atoms with Crippen LogP contribution in [0.3, 0.4) is 0 Å². The maximum Gasteiger partial charge on any atom is 0.341 e. The summed E-state index contributed by atoms with van der Waals surface area (Å²) in [4.78, 5) is 38.1. The number of halogens is 1. The Hall–Kier alpha value is -3.70. The number of fused-ring (bicyclic) bond motifs is 1. The van der Waals surface area contributed by atoms with Crippen LogP contribution in [0.1, 0.15) is 45.3 Å². The van der Waals surface area contributed by atoms with Crippen LogP contribution in [0.5, 0.6) is 11.5 Å². The molecule has 0 radical (unpaired) electrons. The van der Waals surface area contributed by atoms with Crippen LogP contribution in [0.15, 0.2) is 52.0 Å². The van der Waals surface area contributed by atoms with Crippen molar-refractivity contribution in [1.29, 1.82) is 0 Å². The van der Waals surface area contributed by atoms with Gasteiger partial charge in [0, 0.05) is 4.88 Å². The molecule has 11 heteroatoms. The van der Waals surface area contributed by atoms with Crippen LogP contribution < -0.4 is 20.2 Å². The zero-order valence-electron chi connectivity index (χ0n) is 20.8. The van der Waals surface area contributed by atoms with Gasteiger partial charge in [-0.1, -0.05) is 30.3 Å². The van der Waals surface area contributed by atoms with E-state index in [0.717, 1.165) is 35.3 Å². The van der Waals surface area contributed by atoms with Gasteiger partial charge in [-0.3, -0.25) is 9.59 Å². The molecule has 3 aromatic rings. The number of rotatable bonds is 9. The third-order valence-electron chi connectivity index (χ3n) is 5.68. The van der Waals surface area contributed by atoms with Crippen molar-refractivity contribution in [3.8, 4) is 11.5 Å². The minimum absolute atomic E-state index is 0.307. The van der Waals surface area contributed by atoms with Crippen molar-refractivity contribution >= 4 is 56.3 Å². The van der Waals surface area contributed by atoms with E-state index >= 15 is 0 Å². The fourth-order valence-corrected chi connectivity index (χ4v) is 5.83. The van der Waals surface area contributed by atoms with Crippen LogP contribution in [0.25, 0.3) is 0 Å². The van der Waals surface area contributed by atoms with Crippen molar-refractivity contribution < 1.29 is 28.6 Å². The van der Waals surface area contributed by atoms with Gasteiger partial charge in [-0.15, -0.1) is 11.3 Å². The van der Waals surface area contributed by atoms with Crippen molar-refractivity contribution in [3.63, 3.8) is 0 Å². The lowest BCUT2D eigenvalue weighted by atomic mass is 10.1. The van der Waals surface area contributed by atoms with E-state index in [1.165, 1.54) is 24.7 Å². The first kappa shape index (κ1) is 27.3. The van der Waals surface area contributed by atoms with Gasteiger partial charge in [0.1, 0.15) is 11.6 Å². The van der Waals surface area contributed by atoms with Crippen LogP contribution in [-0.4, -0.2) is 37.7 Å². The molecule has 1 aliphatic carbocycles. The van der Waals surface area contributed by atoms with Crippen LogP contribution in [-0.2, 0) is 33.8 Å². The molecule has 9 nitrogen and oxygen atoms in total. The highest BCUT2D eigenvalue weighted by Gasteiger charge is 2.29. The van der Waals surface area contributed by atoms with Gasteiger partial charge < -0.3 is 19.5 Å². The Bertz CT molecular complexity index is 1370. The van der Waals surface area contributed by atoms with Crippen LogP contribution in [0.4, 0.5) is 5.00 Å². The fourth-order valence-electron chi connectivity index (χ4n) is 3.98. The second kappa shape index (κ2) is 12.7. The van der Waals surface area contributed by atoms with Gasteiger partial charge in [0.05, 0.1) is 30.0 Å². The number of nitrogens with zero attached hydrogens (tertiary/aromatic N) is 1. The highest BCUT2D eigenvalue weighted by molar-refractivity contribution is 9.10. The van der Waals surface area contributed by atoms with E-state index in [2.05, 4.69) is 31.8 Å². The number of aryl methyl sites for hydroxylation is 1. The zero-order valence-corrected chi connectivity index (χ0v) is 23.2. The summed E-state index contributed by atoms with van der Waals surface area (Å²) in [6.07, 6.45) is 3.89. The number of anilines is 1. The van der Waals surface area contributed by atoms with E-state index in [9.17, 15) is 14.4 Å². The number of carbonyl (C=O) groups excluding carboxylic acids is 3. The van der Waals surface area contributed by atoms with Crippen LogP contribution in [0, 0.1) is 0 Å². The molecule has 0 aliphatic heterocycles. The summed E-state index contributed by atoms with van der Waals surface area (Å²) >= 11 is 4.80. The maximum atomic E-state index is 12.5. The predicted molar refractivity (Wildman–Crippen MR) is 148 cm³/mol. The quantitative estimate of drug-likeness (QED) is 0.157. The highest BCUT2D eigenvalue weighted by atomic mass is 79.9. The average molecular weight is 600 g/mol. The predicted octanol–water partition coefficient (Wildman–Crippen LogP) is 4.85. The standard InChI is InChI=1S/C27H26BrN3O6S/c1-3-36-20-13-17(12-19(28)23(20)37-15-16-8-5-4-6-9-16)14-29-31-25(33)24(32)30-26-22(27(34)35-2)18-10-7-11-21(18)38-26/h4-6,8-9,12-14H,3,7,10-11,15H2,1-2H3,(H,30,32)(H,31,33). The summed E-state index contributed by atoms with van der Waals surface area (Å²) in [5.41, 5.74) is 5.03. The molecule has 0 saturated carbocycles. The maximum absolute atomic E-state index is 12.5. The molecule has 2 N–H and O–H groups in total. The number of carbonyl (C=O) groups is 3. The normalized spacial score (nSPS) is 12.2. The molecule has 2 amide bonds. The van der Waals surface area contributed by atoms with E-state index in [1.54, 1.807) is 12.1 Å². The topological polar surface area (TPSA) is 115 Å². The lowest BCUT2D eigenvalue weighted by Crippen LogP contribution is -2.32. The fraction of sp³-hybridized carbons (Fsp3) is 0.259. The second-order valence-corrected chi connectivity index (χ2v) is 10.2. The van der Waals surface area contributed by atoms with Gasteiger partial charge in [-0.2, -0.15) is 5.10 Å². The minimum Gasteiger partial charge on any atom is -0.490 e. The van der Waals surface area contributed by atoms with Gasteiger partial charge in [0.15, 0.2) is 11.5 Å². The Kier molecular flexibility index (Phi) is 9.14. The van der Waals surface area contributed by atoms with Crippen molar-refractivity contribution in [1.82, 2.24) is 5.43 Å². The molecule has 0 saturated heterocycles. The molecule has 38 heavy (non-hydrogen) atoms. The summed E-state index contributed by atoms with van der Waals surface area (Å²) < 4.78 is 17.2. The lowest BCUT2D eigenvalue weighted by molar-refractivity contribution is -0.136. The summed E-state index contributed by atoms with van der Waals surface area (Å²) in [5.74, 6) is -1.40. The van der Waals surface area contributed by atoms with Gasteiger partial charge in [0.25, 0.3) is 0 Å². The lowest BCUT2D eigenvalue weighted by Gasteiger charge is -2.14. The number of nitrogens with one attached hydrogen (secondary N) is 2. The molecule has 1 aromatic heterocycles. The number of hydrogen-bond acceptors (Lipinski definition) is 8. The molecule has 0 atom stereocenters. The van der Waals surface area contributed by atoms with E-state index in [1.807, 2.05) is 37.3 Å². The largest absolute Gasteiger partial charge is 0.490 e. The molecule has 0 bridgehead atoms. The number of ether oxygens (including phenoxy) is 3. The Morgan fingerprint density at radius 1 is 1.11 bits per heavy atom. The molecule has 1 aliphatic rings. The average Bonchev–Trinajstić information content (AvgIpc) is 3.49. The third-order valence-corrected chi connectivity index (χ3v) is 7.48. The van der Waals surface area contributed by atoms with Gasteiger partial charge >= 0.3 is 17.8 Å². The Balaban J connectivity index is 1.41. The van der Waals surface area contributed by atoms with E-state index in [0.29, 0.717) is 45.3 Å². The molecular weight excluding hydrogens is 574 g/mol. The number of hydrogen-bond donors (Lipinski definition) is 2. The molecule has 0 spiro atoms. The second-order valence-electron chi connectivity index (χ2n) is 8.24. The first-order valence-electron chi connectivity index (χ1n) is 11.9. The SMILES string of the molecule is CCOc1cc(C=NNC(=O)C(=O)Nc2sc3c(c2C(=O)OC)CCC3)cc(Br)c1OCc1ccccc1. The third kappa shape index (κ3) is 6.40. The molecule has 0 fully saturated rings. The van der Waals surface area contributed by atoms with Crippen molar-refractivity contribution in [2.45, 2.75) is 32.8 Å². The Morgan fingerprint density at radius 3 is 2.63 bits per heavy atom. The van der Waals surface area contributed by atoms with E-state index < -0.39 is 17.8 Å². The number of amides is 2. The number of esters is 1. The Labute approximate surface area is 232 Å². The molecule has 1 heterocycles. The molecular formula is C27H26BrN3O6S. The Morgan fingerprint density at radius 2 is 1.89 bits per heavy atom. The van der Waals surface area contributed by atoms with E-state index in [4.69, 9.17) is 14.2 Å². The van der Waals surface area contributed by atoms with Crippen LogP contribution in [0.2, 0.25) is 0 Å².